The van der Waals surface area contributed by atoms with Gasteiger partial charge in [0.1, 0.15) is 0 Å². The molecule has 0 aromatic carbocycles. The molecule has 1 aliphatic rings. The van der Waals surface area contributed by atoms with Gasteiger partial charge in [-0.05, 0) is 6.42 Å². The minimum Gasteiger partial charge on any atom is -0.352 e. The molecule has 0 aromatic heterocycles. The first-order valence-corrected chi connectivity index (χ1v) is 4.71. The minimum atomic E-state index is 0.132. The molecule has 1 rings (SSSR count). The molecule has 1 aliphatic heterocycles. The average molecular weight is 180 g/mol. The predicted octanol–water partition coefficient (Wildman–Crippen LogP) is 0.220. The fraction of sp³-hybridized carbons (Fsp3) is 0.700. The number of nitrogens with zero attached hydrogens (tertiary/aromatic N) is 1. The summed E-state index contributed by atoms with van der Waals surface area (Å²) in [5, 5.41) is 2.97. The molecule has 1 unspecified atom stereocenters. The predicted molar refractivity (Wildman–Crippen MR) is 52.1 cm³/mol. The van der Waals surface area contributed by atoms with Crippen LogP contribution in [0.15, 0.2) is 0 Å². The third-order valence-corrected chi connectivity index (χ3v) is 2.27. The summed E-state index contributed by atoms with van der Waals surface area (Å²) in [4.78, 5) is 13.2. The fourth-order valence-electron chi connectivity index (χ4n) is 1.55. The second-order valence-electron chi connectivity index (χ2n) is 3.35. The van der Waals surface area contributed by atoms with Crippen LogP contribution in [0, 0.1) is 12.3 Å². The van der Waals surface area contributed by atoms with Gasteiger partial charge in [-0.3, -0.25) is 9.69 Å². The van der Waals surface area contributed by atoms with E-state index in [2.05, 4.69) is 16.1 Å². The number of nitrogens with one attached hydrogen (secondary N) is 1. The van der Waals surface area contributed by atoms with Crippen LogP contribution in [0.4, 0.5) is 0 Å². The highest BCUT2D eigenvalue weighted by molar-refractivity contribution is 5.75. The minimum absolute atomic E-state index is 0.132. The molecule has 3 heteroatoms. The van der Waals surface area contributed by atoms with E-state index in [-0.39, 0.29) is 5.91 Å². The maximum Gasteiger partial charge on any atom is 0.219 e. The van der Waals surface area contributed by atoms with Gasteiger partial charge in [0.15, 0.2) is 0 Å². The van der Waals surface area contributed by atoms with E-state index in [1.54, 1.807) is 0 Å². The van der Waals surface area contributed by atoms with E-state index in [0.717, 1.165) is 19.5 Å². The Hall–Kier alpha value is -1.01. The number of hydrogen-bond donors (Lipinski definition) is 1. The van der Waals surface area contributed by atoms with Gasteiger partial charge in [0.05, 0.1) is 6.54 Å². The molecule has 1 saturated heterocycles. The Morgan fingerprint density at radius 3 is 3.15 bits per heavy atom. The smallest absolute Gasteiger partial charge is 0.219 e. The Bertz CT molecular complexity index is 219. The summed E-state index contributed by atoms with van der Waals surface area (Å²) in [5.74, 6) is 2.74. The van der Waals surface area contributed by atoms with Crippen molar-refractivity contribution in [2.75, 3.05) is 19.6 Å². The van der Waals surface area contributed by atoms with Crippen molar-refractivity contribution in [1.82, 2.24) is 10.2 Å². The van der Waals surface area contributed by atoms with Gasteiger partial charge in [-0.1, -0.05) is 12.8 Å². The van der Waals surface area contributed by atoms with Crippen molar-refractivity contribution in [3.63, 3.8) is 0 Å². The lowest BCUT2D eigenvalue weighted by atomic mass is 10.2. The van der Waals surface area contributed by atoms with Gasteiger partial charge < -0.3 is 5.32 Å². The van der Waals surface area contributed by atoms with Crippen molar-refractivity contribution in [1.29, 1.82) is 0 Å². The van der Waals surface area contributed by atoms with Gasteiger partial charge in [-0.15, -0.1) is 6.42 Å². The molecule has 0 aromatic rings. The second-order valence-corrected chi connectivity index (χ2v) is 3.35. The topological polar surface area (TPSA) is 32.3 Å². The van der Waals surface area contributed by atoms with Crippen LogP contribution in [0.2, 0.25) is 0 Å². The van der Waals surface area contributed by atoms with E-state index in [1.807, 2.05) is 6.92 Å². The molecule has 13 heavy (non-hydrogen) atoms. The SMILES string of the molecule is C#CCN1CCC(NC(=O)CC)C1. The van der Waals surface area contributed by atoms with E-state index < -0.39 is 0 Å². The van der Waals surface area contributed by atoms with Crippen LogP contribution >= 0.6 is 0 Å². The molecule has 1 atom stereocenters. The van der Waals surface area contributed by atoms with E-state index in [0.29, 0.717) is 19.0 Å². The summed E-state index contributed by atoms with van der Waals surface area (Å²) in [6.07, 6.45) is 6.78. The molecule has 1 N–H and O–H groups in total. The van der Waals surface area contributed by atoms with Crippen molar-refractivity contribution in [3.8, 4) is 12.3 Å². The zero-order chi connectivity index (χ0) is 9.68. The third kappa shape index (κ3) is 3.08. The molecule has 0 aliphatic carbocycles. The summed E-state index contributed by atoms with van der Waals surface area (Å²) in [5.41, 5.74) is 0. The van der Waals surface area contributed by atoms with Crippen molar-refractivity contribution < 1.29 is 4.79 Å². The quantitative estimate of drug-likeness (QED) is 0.630. The Kier molecular flexibility index (Phi) is 3.78. The number of carbonyl (C=O) groups is 1. The van der Waals surface area contributed by atoms with Crippen molar-refractivity contribution >= 4 is 5.91 Å². The Labute approximate surface area is 79.5 Å². The van der Waals surface area contributed by atoms with Gasteiger partial charge in [-0.25, -0.2) is 0 Å². The Morgan fingerprint density at radius 2 is 2.54 bits per heavy atom. The number of rotatable bonds is 3. The highest BCUT2D eigenvalue weighted by Crippen LogP contribution is 2.07. The average Bonchev–Trinajstić information content (AvgIpc) is 2.53. The molecule has 1 fully saturated rings. The summed E-state index contributed by atoms with van der Waals surface area (Å²) in [6, 6.07) is 0.306. The second kappa shape index (κ2) is 4.88. The number of likely N-dealkylation sites (tertiary alicyclic amines) is 1. The van der Waals surface area contributed by atoms with Crippen molar-refractivity contribution in [2.24, 2.45) is 0 Å². The number of hydrogen-bond acceptors (Lipinski definition) is 2. The molecular weight excluding hydrogens is 164 g/mol. The van der Waals surface area contributed by atoms with Crippen LogP contribution in [-0.4, -0.2) is 36.5 Å². The van der Waals surface area contributed by atoms with Crippen LogP contribution in [0.25, 0.3) is 0 Å². The van der Waals surface area contributed by atoms with Gasteiger partial charge in [0, 0.05) is 25.6 Å². The first kappa shape index (κ1) is 10.1. The molecule has 0 bridgehead atoms. The first-order valence-electron chi connectivity index (χ1n) is 4.71. The monoisotopic (exact) mass is 180 g/mol. The highest BCUT2D eigenvalue weighted by atomic mass is 16.1. The highest BCUT2D eigenvalue weighted by Gasteiger charge is 2.22. The van der Waals surface area contributed by atoms with E-state index in [1.165, 1.54) is 0 Å². The number of carbonyl (C=O) groups excluding carboxylic acids is 1. The first-order chi connectivity index (χ1) is 6.26. The summed E-state index contributed by atoms with van der Waals surface area (Å²) >= 11 is 0. The van der Waals surface area contributed by atoms with Gasteiger partial charge in [-0.2, -0.15) is 0 Å². The van der Waals surface area contributed by atoms with E-state index in [9.17, 15) is 4.79 Å². The molecular formula is C10H16N2O. The van der Waals surface area contributed by atoms with Crippen molar-refractivity contribution in [3.05, 3.63) is 0 Å². The summed E-state index contributed by atoms with van der Waals surface area (Å²) < 4.78 is 0. The molecule has 72 valence electrons. The molecule has 0 spiro atoms. The maximum absolute atomic E-state index is 11.1. The number of terminal acetylenes is 1. The molecule has 0 saturated carbocycles. The molecule has 1 amide bonds. The van der Waals surface area contributed by atoms with E-state index in [4.69, 9.17) is 6.42 Å². The lowest BCUT2D eigenvalue weighted by Gasteiger charge is -2.13. The van der Waals surface area contributed by atoms with Crippen LogP contribution < -0.4 is 5.32 Å². The van der Waals surface area contributed by atoms with E-state index >= 15 is 0 Å². The summed E-state index contributed by atoms with van der Waals surface area (Å²) in [7, 11) is 0. The fourth-order valence-corrected chi connectivity index (χ4v) is 1.55. The molecule has 0 radical (unpaired) electrons. The summed E-state index contributed by atoms with van der Waals surface area (Å²) in [6.45, 7) is 4.46. The van der Waals surface area contributed by atoms with Gasteiger partial charge >= 0.3 is 0 Å². The Morgan fingerprint density at radius 1 is 1.77 bits per heavy atom. The lowest BCUT2D eigenvalue weighted by Crippen LogP contribution is -2.36. The third-order valence-electron chi connectivity index (χ3n) is 2.27. The van der Waals surface area contributed by atoms with Gasteiger partial charge in [0.25, 0.3) is 0 Å². The van der Waals surface area contributed by atoms with Crippen molar-refractivity contribution in [2.45, 2.75) is 25.8 Å². The lowest BCUT2D eigenvalue weighted by molar-refractivity contribution is -0.121. The van der Waals surface area contributed by atoms with Crippen LogP contribution in [0.3, 0.4) is 0 Å². The van der Waals surface area contributed by atoms with Crippen LogP contribution in [0.5, 0.6) is 0 Å². The molecule has 1 heterocycles. The molecule has 3 nitrogen and oxygen atoms in total. The van der Waals surface area contributed by atoms with Crippen LogP contribution in [-0.2, 0) is 4.79 Å². The zero-order valence-corrected chi connectivity index (χ0v) is 8.05. The van der Waals surface area contributed by atoms with Gasteiger partial charge in [0.2, 0.25) is 5.91 Å². The largest absolute Gasteiger partial charge is 0.352 e. The number of amides is 1. The Balaban J connectivity index is 2.25. The normalized spacial score (nSPS) is 22.6. The maximum atomic E-state index is 11.1. The standard InChI is InChI=1S/C10H16N2O/c1-3-6-12-7-5-9(8-12)11-10(13)4-2/h1,9H,4-8H2,2H3,(H,11,13). The zero-order valence-electron chi connectivity index (χ0n) is 8.05. The van der Waals surface area contributed by atoms with Crippen LogP contribution in [0.1, 0.15) is 19.8 Å².